The lowest BCUT2D eigenvalue weighted by Gasteiger charge is -2.19. The van der Waals surface area contributed by atoms with Gasteiger partial charge in [0.25, 0.3) is 0 Å². The SMILES string of the molecule is CCN(CC(N)=O)C(=O)Nc1ccc(CC(=O)O)cc1. The number of primary amides is 1. The minimum Gasteiger partial charge on any atom is -0.481 e. The van der Waals surface area contributed by atoms with E-state index in [0.29, 0.717) is 17.8 Å². The number of nitrogens with one attached hydrogen (secondary N) is 1. The molecule has 4 N–H and O–H groups in total. The zero-order chi connectivity index (χ0) is 15.1. The molecule has 0 aliphatic carbocycles. The molecule has 0 atom stereocenters. The van der Waals surface area contributed by atoms with Crippen molar-refractivity contribution in [3.8, 4) is 0 Å². The Morgan fingerprint density at radius 3 is 2.30 bits per heavy atom. The Kier molecular flexibility index (Phi) is 5.52. The molecule has 7 heteroatoms. The van der Waals surface area contributed by atoms with Gasteiger partial charge in [-0.15, -0.1) is 0 Å². The summed E-state index contributed by atoms with van der Waals surface area (Å²) in [4.78, 5) is 34.5. The van der Waals surface area contributed by atoms with Crippen molar-refractivity contribution in [2.24, 2.45) is 5.73 Å². The zero-order valence-electron chi connectivity index (χ0n) is 11.1. The molecule has 0 aromatic heterocycles. The maximum atomic E-state index is 11.9. The Bertz CT molecular complexity index is 499. The number of hydrogen-bond acceptors (Lipinski definition) is 3. The van der Waals surface area contributed by atoms with E-state index < -0.39 is 17.9 Å². The molecular weight excluding hydrogens is 262 g/mol. The van der Waals surface area contributed by atoms with Gasteiger partial charge in [0.05, 0.1) is 6.42 Å². The van der Waals surface area contributed by atoms with Crippen LogP contribution in [-0.2, 0) is 16.0 Å². The second kappa shape index (κ2) is 7.13. The Hall–Kier alpha value is -2.57. The summed E-state index contributed by atoms with van der Waals surface area (Å²) in [6.45, 7) is 1.93. The number of carboxylic acid groups (broad SMARTS) is 1. The molecule has 0 aliphatic rings. The highest BCUT2D eigenvalue weighted by Gasteiger charge is 2.13. The summed E-state index contributed by atoms with van der Waals surface area (Å²) < 4.78 is 0. The molecule has 1 aromatic rings. The number of benzene rings is 1. The molecule has 0 unspecified atom stereocenters. The van der Waals surface area contributed by atoms with Gasteiger partial charge in [0, 0.05) is 12.2 Å². The van der Waals surface area contributed by atoms with Gasteiger partial charge in [-0.25, -0.2) is 4.79 Å². The summed E-state index contributed by atoms with van der Waals surface area (Å²) in [6.07, 6.45) is -0.0724. The number of hydrogen-bond donors (Lipinski definition) is 3. The maximum absolute atomic E-state index is 11.9. The third kappa shape index (κ3) is 4.97. The Morgan fingerprint density at radius 2 is 1.85 bits per heavy atom. The first-order chi connectivity index (χ1) is 9.42. The van der Waals surface area contributed by atoms with Crippen LogP contribution in [0.5, 0.6) is 0 Å². The summed E-state index contributed by atoms with van der Waals surface area (Å²) >= 11 is 0. The largest absolute Gasteiger partial charge is 0.481 e. The van der Waals surface area contributed by atoms with E-state index in [4.69, 9.17) is 10.8 Å². The van der Waals surface area contributed by atoms with E-state index in [0.717, 1.165) is 0 Å². The topological polar surface area (TPSA) is 113 Å². The average Bonchev–Trinajstić information content (AvgIpc) is 2.37. The third-order valence-electron chi connectivity index (χ3n) is 2.58. The highest BCUT2D eigenvalue weighted by molar-refractivity contribution is 5.92. The van der Waals surface area contributed by atoms with Gasteiger partial charge >= 0.3 is 12.0 Å². The number of likely N-dealkylation sites (N-methyl/N-ethyl adjacent to an activating group) is 1. The second-order valence-electron chi connectivity index (χ2n) is 4.18. The predicted octanol–water partition coefficient (Wildman–Crippen LogP) is 0.653. The summed E-state index contributed by atoms with van der Waals surface area (Å²) in [5.74, 6) is -1.50. The van der Waals surface area contributed by atoms with Gasteiger partial charge in [0.15, 0.2) is 0 Å². The minimum atomic E-state index is -0.916. The van der Waals surface area contributed by atoms with Crippen LogP contribution in [0, 0.1) is 0 Å². The molecule has 7 nitrogen and oxygen atoms in total. The fraction of sp³-hybridized carbons (Fsp3) is 0.308. The number of amides is 3. The van der Waals surface area contributed by atoms with E-state index in [1.54, 1.807) is 31.2 Å². The quantitative estimate of drug-likeness (QED) is 0.709. The lowest BCUT2D eigenvalue weighted by atomic mass is 10.1. The number of rotatable bonds is 6. The number of anilines is 1. The fourth-order valence-electron chi connectivity index (χ4n) is 1.60. The second-order valence-corrected chi connectivity index (χ2v) is 4.18. The first-order valence-electron chi connectivity index (χ1n) is 6.07. The van der Waals surface area contributed by atoms with Crippen LogP contribution in [0.3, 0.4) is 0 Å². The van der Waals surface area contributed by atoms with Crippen molar-refractivity contribution in [2.75, 3.05) is 18.4 Å². The van der Waals surface area contributed by atoms with Crippen LogP contribution >= 0.6 is 0 Å². The molecule has 0 saturated carbocycles. The van der Waals surface area contributed by atoms with Crippen LogP contribution in [-0.4, -0.2) is 41.0 Å². The molecular formula is C13H17N3O4. The first-order valence-corrected chi connectivity index (χ1v) is 6.07. The molecule has 0 bridgehead atoms. The Balaban J connectivity index is 2.65. The summed E-state index contributed by atoms with van der Waals surface area (Å²) in [7, 11) is 0. The van der Waals surface area contributed by atoms with Gasteiger partial charge < -0.3 is 21.1 Å². The van der Waals surface area contributed by atoms with Gasteiger partial charge in [0.1, 0.15) is 6.54 Å². The van der Waals surface area contributed by atoms with E-state index in [1.807, 2.05) is 0 Å². The van der Waals surface area contributed by atoms with Crippen molar-refractivity contribution in [1.82, 2.24) is 4.90 Å². The minimum absolute atomic E-state index is 0.0724. The van der Waals surface area contributed by atoms with Crippen LogP contribution in [0.25, 0.3) is 0 Å². The zero-order valence-corrected chi connectivity index (χ0v) is 11.1. The highest BCUT2D eigenvalue weighted by Crippen LogP contribution is 2.11. The van der Waals surface area contributed by atoms with E-state index in [2.05, 4.69) is 5.32 Å². The van der Waals surface area contributed by atoms with Crippen molar-refractivity contribution in [3.63, 3.8) is 0 Å². The molecule has 108 valence electrons. The average molecular weight is 279 g/mol. The van der Waals surface area contributed by atoms with Crippen molar-refractivity contribution in [3.05, 3.63) is 29.8 Å². The fourth-order valence-corrected chi connectivity index (χ4v) is 1.60. The van der Waals surface area contributed by atoms with Crippen LogP contribution in [0.2, 0.25) is 0 Å². The van der Waals surface area contributed by atoms with E-state index in [9.17, 15) is 14.4 Å². The van der Waals surface area contributed by atoms with Gasteiger partial charge in [-0.3, -0.25) is 9.59 Å². The van der Waals surface area contributed by atoms with Gasteiger partial charge in [-0.05, 0) is 24.6 Å². The third-order valence-corrected chi connectivity index (χ3v) is 2.58. The van der Waals surface area contributed by atoms with Crippen LogP contribution in [0.15, 0.2) is 24.3 Å². The summed E-state index contributed by atoms with van der Waals surface area (Å²) in [5.41, 5.74) is 6.21. The normalized spacial score (nSPS) is 9.85. The van der Waals surface area contributed by atoms with Crippen LogP contribution < -0.4 is 11.1 Å². The molecule has 0 aliphatic heterocycles. The first kappa shape index (κ1) is 15.5. The van der Waals surface area contributed by atoms with E-state index >= 15 is 0 Å². The number of nitrogens with zero attached hydrogens (tertiary/aromatic N) is 1. The predicted molar refractivity (Wildman–Crippen MR) is 73.2 cm³/mol. The molecule has 0 saturated heterocycles. The van der Waals surface area contributed by atoms with E-state index in [1.165, 1.54) is 4.90 Å². The van der Waals surface area contributed by atoms with Crippen molar-refractivity contribution >= 4 is 23.6 Å². The number of urea groups is 1. The molecule has 3 amide bonds. The van der Waals surface area contributed by atoms with Crippen molar-refractivity contribution in [1.29, 1.82) is 0 Å². The van der Waals surface area contributed by atoms with Gasteiger partial charge in [0.2, 0.25) is 5.91 Å². The number of carbonyl (C=O) groups is 3. The van der Waals surface area contributed by atoms with Gasteiger partial charge in [-0.1, -0.05) is 12.1 Å². The summed E-state index contributed by atoms with van der Waals surface area (Å²) in [5, 5.41) is 11.3. The summed E-state index contributed by atoms with van der Waals surface area (Å²) in [6, 6.07) is 6.02. The number of carbonyl (C=O) groups excluding carboxylic acids is 2. The van der Waals surface area contributed by atoms with Crippen molar-refractivity contribution in [2.45, 2.75) is 13.3 Å². The molecule has 1 rings (SSSR count). The monoisotopic (exact) mass is 279 g/mol. The highest BCUT2D eigenvalue weighted by atomic mass is 16.4. The van der Waals surface area contributed by atoms with E-state index in [-0.39, 0.29) is 13.0 Å². The molecule has 0 spiro atoms. The standard InChI is InChI=1S/C13H17N3O4/c1-2-16(8-11(14)17)13(20)15-10-5-3-9(4-6-10)7-12(18)19/h3-6H,2,7-8H2,1H3,(H2,14,17)(H,15,20)(H,18,19). The molecule has 0 fully saturated rings. The van der Waals surface area contributed by atoms with Crippen LogP contribution in [0.4, 0.5) is 10.5 Å². The lowest BCUT2D eigenvalue weighted by Crippen LogP contribution is -2.40. The molecule has 0 heterocycles. The Labute approximate surface area is 116 Å². The number of carboxylic acids is 1. The smallest absolute Gasteiger partial charge is 0.322 e. The number of nitrogens with two attached hydrogens (primary N) is 1. The molecule has 20 heavy (non-hydrogen) atoms. The molecule has 1 aromatic carbocycles. The number of aliphatic carboxylic acids is 1. The van der Waals surface area contributed by atoms with Crippen LogP contribution in [0.1, 0.15) is 12.5 Å². The Morgan fingerprint density at radius 1 is 1.25 bits per heavy atom. The molecule has 0 radical (unpaired) electrons. The lowest BCUT2D eigenvalue weighted by molar-refractivity contribution is -0.136. The van der Waals surface area contributed by atoms with Gasteiger partial charge in [-0.2, -0.15) is 0 Å². The van der Waals surface area contributed by atoms with Crippen molar-refractivity contribution < 1.29 is 19.5 Å². The maximum Gasteiger partial charge on any atom is 0.322 e.